The molecule has 0 aliphatic carbocycles. The van der Waals surface area contributed by atoms with Crippen LogP contribution >= 0.6 is 0 Å². The van der Waals surface area contributed by atoms with Crippen LogP contribution in [0.2, 0.25) is 0 Å². The van der Waals surface area contributed by atoms with Gasteiger partial charge in [0.25, 0.3) is 0 Å². The lowest BCUT2D eigenvalue weighted by Crippen LogP contribution is -2.52. The highest BCUT2D eigenvalue weighted by molar-refractivity contribution is 5.14. The average molecular weight is 230 g/mol. The van der Waals surface area contributed by atoms with Gasteiger partial charge in [0.05, 0.1) is 0 Å². The predicted molar refractivity (Wildman–Crippen MR) is 70.9 cm³/mol. The zero-order valence-electron chi connectivity index (χ0n) is 10.4. The van der Waals surface area contributed by atoms with Crippen LogP contribution in [0, 0.1) is 5.92 Å². The maximum atomic E-state index is 3.54. The van der Waals surface area contributed by atoms with E-state index in [2.05, 4.69) is 40.5 Å². The summed E-state index contributed by atoms with van der Waals surface area (Å²) in [5.74, 6) is 0.890. The third-order valence-corrected chi connectivity index (χ3v) is 4.29. The molecule has 0 unspecified atom stereocenters. The van der Waals surface area contributed by atoms with Crippen LogP contribution in [-0.4, -0.2) is 30.6 Å². The van der Waals surface area contributed by atoms with Crippen molar-refractivity contribution >= 4 is 0 Å². The molecule has 2 saturated heterocycles. The summed E-state index contributed by atoms with van der Waals surface area (Å²) in [6.45, 7) is 4.86. The van der Waals surface area contributed by atoms with E-state index in [-0.39, 0.29) is 0 Å². The Morgan fingerprint density at radius 3 is 2.94 bits per heavy atom. The molecule has 2 heteroatoms. The zero-order chi connectivity index (χ0) is 11.5. The summed E-state index contributed by atoms with van der Waals surface area (Å²) in [5.41, 5.74) is 1.46. The van der Waals surface area contributed by atoms with Crippen LogP contribution < -0.4 is 5.32 Å². The van der Waals surface area contributed by atoms with Crippen molar-refractivity contribution in [1.82, 2.24) is 10.2 Å². The minimum Gasteiger partial charge on any atom is -0.316 e. The van der Waals surface area contributed by atoms with Gasteiger partial charge in [-0.1, -0.05) is 30.3 Å². The topological polar surface area (TPSA) is 15.3 Å². The lowest BCUT2D eigenvalue weighted by atomic mass is 9.84. The van der Waals surface area contributed by atoms with Crippen LogP contribution in [0.15, 0.2) is 30.3 Å². The van der Waals surface area contributed by atoms with Gasteiger partial charge in [0, 0.05) is 12.6 Å². The summed E-state index contributed by atoms with van der Waals surface area (Å²) >= 11 is 0. The van der Waals surface area contributed by atoms with Gasteiger partial charge in [0.2, 0.25) is 0 Å². The molecule has 2 nitrogen and oxygen atoms in total. The maximum Gasteiger partial charge on any atom is 0.0236 e. The molecular formula is C15H22N2. The molecule has 2 aliphatic rings. The molecule has 0 aromatic heterocycles. The minimum atomic E-state index is 0.824. The van der Waals surface area contributed by atoms with Crippen LogP contribution in [0.3, 0.4) is 0 Å². The van der Waals surface area contributed by atoms with Gasteiger partial charge in [0.1, 0.15) is 0 Å². The van der Waals surface area contributed by atoms with E-state index >= 15 is 0 Å². The average Bonchev–Trinajstić information content (AvgIpc) is 2.40. The molecule has 2 atom stereocenters. The SMILES string of the molecule is c1ccc(CN2CCC[C@H]3CNCC[C@@H]32)cc1. The lowest BCUT2D eigenvalue weighted by Gasteiger charge is -2.44. The van der Waals surface area contributed by atoms with E-state index in [0.29, 0.717) is 0 Å². The van der Waals surface area contributed by atoms with E-state index in [9.17, 15) is 0 Å². The van der Waals surface area contributed by atoms with E-state index in [1.807, 2.05) is 0 Å². The Bertz CT molecular complexity index is 347. The van der Waals surface area contributed by atoms with Crippen LogP contribution in [0.5, 0.6) is 0 Å². The first-order chi connectivity index (χ1) is 8.43. The maximum absolute atomic E-state index is 3.54. The Labute approximate surface area is 104 Å². The number of fused-ring (bicyclic) bond motifs is 1. The van der Waals surface area contributed by atoms with Crippen molar-refractivity contribution in [1.29, 1.82) is 0 Å². The fourth-order valence-corrected chi connectivity index (χ4v) is 3.42. The molecule has 0 amide bonds. The quantitative estimate of drug-likeness (QED) is 0.838. The Kier molecular flexibility index (Phi) is 3.44. The molecule has 2 heterocycles. The van der Waals surface area contributed by atoms with Crippen molar-refractivity contribution in [3.05, 3.63) is 35.9 Å². The van der Waals surface area contributed by atoms with Gasteiger partial charge in [-0.3, -0.25) is 4.90 Å². The van der Waals surface area contributed by atoms with Gasteiger partial charge in [-0.2, -0.15) is 0 Å². The number of hydrogen-bond donors (Lipinski definition) is 1. The molecule has 17 heavy (non-hydrogen) atoms. The summed E-state index contributed by atoms with van der Waals surface area (Å²) in [7, 11) is 0. The van der Waals surface area contributed by atoms with E-state index < -0.39 is 0 Å². The van der Waals surface area contributed by atoms with Crippen molar-refractivity contribution in [3.63, 3.8) is 0 Å². The van der Waals surface area contributed by atoms with Crippen LogP contribution in [-0.2, 0) is 6.54 Å². The number of rotatable bonds is 2. The Balaban J connectivity index is 1.69. The molecule has 0 saturated carbocycles. The van der Waals surface area contributed by atoms with Crippen molar-refractivity contribution < 1.29 is 0 Å². The van der Waals surface area contributed by atoms with Crippen LogP contribution in [0.25, 0.3) is 0 Å². The molecule has 2 fully saturated rings. The monoisotopic (exact) mass is 230 g/mol. The van der Waals surface area contributed by atoms with Crippen molar-refractivity contribution in [3.8, 4) is 0 Å². The summed E-state index contributed by atoms with van der Waals surface area (Å²) in [6.07, 6.45) is 4.12. The number of hydrogen-bond acceptors (Lipinski definition) is 2. The highest BCUT2D eigenvalue weighted by atomic mass is 15.2. The smallest absolute Gasteiger partial charge is 0.0236 e. The van der Waals surface area contributed by atoms with Crippen LogP contribution in [0.4, 0.5) is 0 Å². The Morgan fingerprint density at radius 2 is 2.06 bits per heavy atom. The molecule has 92 valence electrons. The molecule has 1 aromatic carbocycles. The first-order valence-corrected chi connectivity index (χ1v) is 6.92. The highest BCUT2D eigenvalue weighted by Crippen LogP contribution is 2.28. The van der Waals surface area contributed by atoms with Crippen molar-refractivity contribution in [2.45, 2.75) is 31.8 Å². The Morgan fingerprint density at radius 1 is 1.18 bits per heavy atom. The van der Waals surface area contributed by atoms with Crippen molar-refractivity contribution in [2.75, 3.05) is 19.6 Å². The largest absolute Gasteiger partial charge is 0.316 e. The zero-order valence-corrected chi connectivity index (χ0v) is 10.4. The third kappa shape index (κ3) is 2.53. The molecular weight excluding hydrogens is 208 g/mol. The number of nitrogens with zero attached hydrogens (tertiary/aromatic N) is 1. The fourth-order valence-electron chi connectivity index (χ4n) is 3.42. The standard InChI is InChI=1S/C15H22N2/c1-2-5-13(6-3-1)12-17-10-4-7-14-11-16-9-8-15(14)17/h1-3,5-6,14-16H,4,7-12H2/t14-,15-/m0/s1. The van der Waals surface area contributed by atoms with E-state index in [0.717, 1.165) is 18.5 Å². The molecule has 0 radical (unpaired) electrons. The summed E-state index contributed by atoms with van der Waals surface area (Å²) in [5, 5.41) is 3.54. The number of nitrogens with one attached hydrogen (secondary N) is 1. The van der Waals surface area contributed by atoms with Crippen LogP contribution in [0.1, 0.15) is 24.8 Å². The van der Waals surface area contributed by atoms with E-state index in [4.69, 9.17) is 0 Å². The van der Waals surface area contributed by atoms with E-state index in [1.54, 1.807) is 0 Å². The lowest BCUT2D eigenvalue weighted by molar-refractivity contribution is 0.0627. The van der Waals surface area contributed by atoms with Gasteiger partial charge < -0.3 is 5.32 Å². The van der Waals surface area contributed by atoms with Gasteiger partial charge in [-0.25, -0.2) is 0 Å². The second kappa shape index (κ2) is 5.19. The number of benzene rings is 1. The van der Waals surface area contributed by atoms with Crippen molar-refractivity contribution in [2.24, 2.45) is 5.92 Å². The highest BCUT2D eigenvalue weighted by Gasteiger charge is 2.32. The van der Waals surface area contributed by atoms with Gasteiger partial charge in [0.15, 0.2) is 0 Å². The molecule has 2 aliphatic heterocycles. The predicted octanol–water partition coefficient (Wildman–Crippen LogP) is 2.26. The summed E-state index contributed by atoms with van der Waals surface area (Å²) < 4.78 is 0. The third-order valence-electron chi connectivity index (χ3n) is 4.29. The number of likely N-dealkylation sites (tertiary alicyclic amines) is 1. The summed E-state index contributed by atoms with van der Waals surface area (Å²) in [4.78, 5) is 2.71. The van der Waals surface area contributed by atoms with Gasteiger partial charge >= 0.3 is 0 Å². The first-order valence-electron chi connectivity index (χ1n) is 6.92. The number of piperidine rings is 2. The summed E-state index contributed by atoms with van der Waals surface area (Å²) in [6, 6.07) is 11.7. The molecule has 0 spiro atoms. The first kappa shape index (κ1) is 11.2. The molecule has 1 aromatic rings. The van der Waals surface area contributed by atoms with E-state index in [1.165, 1.54) is 44.5 Å². The molecule has 3 rings (SSSR count). The van der Waals surface area contributed by atoms with Gasteiger partial charge in [-0.05, 0) is 50.4 Å². The normalized spacial score (nSPS) is 29.9. The molecule has 0 bridgehead atoms. The van der Waals surface area contributed by atoms with Gasteiger partial charge in [-0.15, -0.1) is 0 Å². The minimum absolute atomic E-state index is 0.824. The second-order valence-corrected chi connectivity index (χ2v) is 5.42. The molecule has 1 N–H and O–H groups in total. The second-order valence-electron chi connectivity index (χ2n) is 5.42. The fraction of sp³-hybridized carbons (Fsp3) is 0.600. The Hall–Kier alpha value is -0.860.